The molecule has 1 aliphatic rings. The first-order chi connectivity index (χ1) is 15.1. The zero-order valence-corrected chi connectivity index (χ0v) is 17.2. The van der Waals surface area contributed by atoms with Crippen molar-refractivity contribution in [2.24, 2.45) is 5.73 Å². The van der Waals surface area contributed by atoms with Gasteiger partial charge in [0, 0.05) is 22.8 Å². The number of halogens is 4. The summed E-state index contributed by atoms with van der Waals surface area (Å²) in [6.07, 6.45) is -4.46. The Morgan fingerprint density at radius 1 is 1.09 bits per heavy atom. The Morgan fingerprint density at radius 2 is 1.81 bits per heavy atom. The zero-order chi connectivity index (χ0) is 23.0. The highest BCUT2D eigenvalue weighted by Gasteiger charge is 2.31. The van der Waals surface area contributed by atoms with Gasteiger partial charge in [-0.2, -0.15) is 18.3 Å². The number of anilines is 1. The molecular formula is C21H17ClF3N5O2. The lowest BCUT2D eigenvalue weighted by Crippen LogP contribution is -2.41. The second-order valence-electron chi connectivity index (χ2n) is 7.19. The van der Waals surface area contributed by atoms with Gasteiger partial charge in [0.05, 0.1) is 29.9 Å². The van der Waals surface area contributed by atoms with E-state index in [0.29, 0.717) is 28.5 Å². The van der Waals surface area contributed by atoms with Crippen LogP contribution in [0.4, 0.5) is 23.7 Å². The van der Waals surface area contributed by atoms with E-state index in [0.717, 1.165) is 12.1 Å². The predicted molar refractivity (Wildman–Crippen MR) is 112 cm³/mol. The largest absolute Gasteiger partial charge is 0.416 e. The van der Waals surface area contributed by atoms with Gasteiger partial charge in [0.2, 0.25) is 0 Å². The molecule has 2 aromatic carbocycles. The van der Waals surface area contributed by atoms with Gasteiger partial charge in [-0.1, -0.05) is 23.7 Å². The fourth-order valence-corrected chi connectivity index (χ4v) is 3.72. The highest BCUT2D eigenvalue weighted by atomic mass is 35.5. The van der Waals surface area contributed by atoms with E-state index in [1.165, 1.54) is 17.0 Å². The number of rotatable bonds is 3. The number of primary amides is 1. The molecule has 32 heavy (non-hydrogen) atoms. The Bertz CT molecular complexity index is 1190. The highest BCUT2D eigenvalue weighted by Crippen LogP contribution is 2.31. The summed E-state index contributed by atoms with van der Waals surface area (Å²) in [6, 6.07) is 10.5. The number of amides is 3. The number of nitrogens with two attached hydrogens (primary N) is 1. The van der Waals surface area contributed by atoms with Crippen LogP contribution in [0.15, 0.2) is 48.5 Å². The molecule has 3 N–H and O–H groups in total. The van der Waals surface area contributed by atoms with Crippen LogP contribution in [-0.2, 0) is 19.3 Å². The maximum Gasteiger partial charge on any atom is 0.416 e. The first kappa shape index (κ1) is 21.7. The number of benzene rings is 2. The van der Waals surface area contributed by atoms with Crippen molar-refractivity contribution >= 4 is 29.2 Å². The highest BCUT2D eigenvalue weighted by molar-refractivity contribution is 6.30. The van der Waals surface area contributed by atoms with E-state index in [-0.39, 0.29) is 24.3 Å². The van der Waals surface area contributed by atoms with Gasteiger partial charge in [-0.25, -0.2) is 4.79 Å². The molecule has 7 nitrogen and oxygen atoms in total. The van der Waals surface area contributed by atoms with E-state index < -0.39 is 23.7 Å². The SMILES string of the molecule is NC(=O)c1c(-c2cccc(Cl)c2)nn2c1CN(C(=O)Nc1ccc(C(F)(F)F)cc1)CC2. The third-order valence-corrected chi connectivity index (χ3v) is 5.31. The number of carbonyl (C=O) groups is 2. The Hall–Kier alpha value is -3.53. The van der Waals surface area contributed by atoms with Crippen molar-refractivity contribution in [3.05, 3.63) is 70.4 Å². The van der Waals surface area contributed by atoms with Crippen LogP contribution in [0.3, 0.4) is 0 Å². The van der Waals surface area contributed by atoms with E-state index in [9.17, 15) is 22.8 Å². The summed E-state index contributed by atoms with van der Waals surface area (Å²) in [4.78, 5) is 26.3. The minimum atomic E-state index is -4.46. The first-order valence-corrected chi connectivity index (χ1v) is 9.90. The van der Waals surface area contributed by atoms with Crippen molar-refractivity contribution < 1.29 is 22.8 Å². The molecule has 3 aromatic rings. The Morgan fingerprint density at radius 3 is 2.44 bits per heavy atom. The van der Waals surface area contributed by atoms with Crippen LogP contribution in [-0.4, -0.2) is 33.2 Å². The number of carbonyl (C=O) groups excluding carboxylic acids is 2. The van der Waals surface area contributed by atoms with E-state index in [4.69, 9.17) is 17.3 Å². The number of alkyl halides is 3. The molecule has 11 heteroatoms. The van der Waals surface area contributed by atoms with Gasteiger partial charge >= 0.3 is 12.2 Å². The maximum absolute atomic E-state index is 12.7. The average molecular weight is 464 g/mol. The molecule has 0 unspecified atom stereocenters. The number of hydrogen-bond donors (Lipinski definition) is 2. The molecule has 0 saturated heterocycles. The molecule has 0 saturated carbocycles. The number of fused-ring (bicyclic) bond motifs is 1. The fourth-order valence-electron chi connectivity index (χ4n) is 3.53. The van der Waals surface area contributed by atoms with Gasteiger partial charge in [-0.3, -0.25) is 9.48 Å². The number of nitrogens with one attached hydrogen (secondary N) is 1. The molecule has 0 bridgehead atoms. The van der Waals surface area contributed by atoms with Gasteiger partial charge in [0.25, 0.3) is 5.91 Å². The monoisotopic (exact) mass is 463 g/mol. The quantitative estimate of drug-likeness (QED) is 0.604. The lowest BCUT2D eigenvalue weighted by molar-refractivity contribution is -0.137. The summed E-state index contributed by atoms with van der Waals surface area (Å²) < 4.78 is 39.8. The van der Waals surface area contributed by atoms with Crippen molar-refractivity contribution in [1.82, 2.24) is 14.7 Å². The van der Waals surface area contributed by atoms with Crippen molar-refractivity contribution in [3.8, 4) is 11.3 Å². The molecule has 2 heterocycles. The molecular weight excluding hydrogens is 447 g/mol. The maximum atomic E-state index is 12.7. The molecule has 0 radical (unpaired) electrons. The third-order valence-electron chi connectivity index (χ3n) is 5.08. The smallest absolute Gasteiger partial charge is 0.365 e. The molecule has 0 fully saturated rings. The molecule has 3 amide bonds. The van der Waals surface area contributed by atoms with Gasteiger partial charge < -0.3 is 16.0 Å². The van der Waals surface area contributed by atoms with Crippen LogP contribution in [0.1, 0.15) is 21.6 Å². The minimum Gasteiger partial charge on any atom is -0.365 e. The third kappa shape index (κ3) is 4.26. The van der Waals surface area contributed by atoms with Crippen molar-refractivity contribution in [3.63, 3.8) is 0 Å². The number of hydrogen-bond acceptors (Lipinski definition) is 3. The summed E-state index contributed by atoms with van der Waals surface area (Å²) in [6.45, 7) is 0.656. The zero-order valence-electron chi connectivity index (χ0n) is 16.5. The Kier molecular flexibility index (Phi) is 5.55. The van der Waals surface area contributed by atoms with Crippen LogP contribution >= 0.6 is 11.6 Å². The van der Waals surface area contributed by atoms with E-state index >= 15 is 0 Å². The van der Waals surface area contributed by atoms with Crippen molar-refractivity contribution in [1.29, 1.82) is 0 Å². The normalized spacial score (nSPS) is 13.6. The van der Waals surface area contributed by atoms with Crippen LogP contribution in [0.25, 0.3) is 11.3 Å². The van der Waals surface area contributed by atoms with Gasteiger partial charge in [0.15, 0.2) is 0 Å². The van der Waals surface area contributed by atoms with Crippen LogP contribution in [0.5, 0.6) is 0 Å². The molecule has 0 aliphatic carbocycles. The molecule has 0 spiro atoms. The average Bonchev–Trinajstić information content (AvgIpc) is 3.12. The molecule has 1 aromatic heterocycles. The van der Waals surface area contributed by atoms with Crippen molar-refractivity contribution in [2.75, 3.05) is 11.9 Å². The number of aromatic nitrogens is 2. The summed E-state index contributed by atoms with van der Waals surface area (Å²) in [5.74, 6) is -0.689. The summed E-state index contributed by atoms with van der Waals surface area (Å²) in [5.41, 5.74) is 6.69. The minimum absolute atomic E-state index is 0.0539. The summed E-state index contributed by atoms with van der Waals surface area (Å²) >= 11 is 6.06. The predicted octanol–water partition coefficient (Wildman–Crippen LogP) is 4.37. The standard InChI is InChI=1S/C21H17ClF3N5O2/c22-14-3-1-2-12(10-14)18-17(19(26)31)16-11-29(8-9-30(16)28-18)20(32)27-15-6-4-13(5-7-15)21(23,24)25/h1-7,10H,8-9,11H2,(H2,26,31)(H,27,32). The van der Waals surface area contributed by atoms with Gasteiger partial charge in [-0.15, -0.1) is 0 Å². The van der Waals surface area contributed by atoms with Crippen LogP contribution in [0, 0.1) is 0 Å². The van der Waals surface area contributed by atoms with E-state index in [1.807, 2.05) is 0 Å². The number of urea groups is 1. The molecule has 166 valence electrons. The lowest BCUT2D eigenvalue weighted by atomic mass is 10.0. The molecule has 4 rings (SSSR count). The van der Waals surface area contributed by atoms with E-state index in [1.54, 1.807) is 28.9 Å². The van der Waals surface area contributed by atoms with E-state index in [2.05, 4.69) is 10.4 Å². The van der Waals surface area contributed by atoms with Gasteiger partial charge in [0.1, 0.15) is 5.69 Å². The topological polar surface area (TPSA) is 93.2 Å². The Balaban J connectivity index is 1.56. The van der Waals surface area contributed by atoms with Gasteiger partial charge in [-0.05, 0) is 36.4 Å². The van der Waals surface area contributed by atoms with Crippen molar-refractivity contribution in [2.45, 2.75) is 19.3 Å². The second kappa shape index (κ2) is 8.19. The Labute approximate surface area is 185 Å². The second-order valence-corrected chi connectivity index (χ2v) is 7.63. The molecule has 1 aliphatic heterocycles. The first-order valence-electron chi connectivity index (χ1n) is 9.52. The fraction of sp³-hybridized carbons (Fsp3) is 0.190. The molecule has 0 atom stereocenters. The van der Waals surface area contributed by atoms with Crippen LogP contribution < -0.4 is 11.1 Å². The summed E-state index contributed by atoms with van der Waals surface area (Å²) in [7, 11) is 0. The lowest BCUT2D eigenvalue weighted by Gasteiger charge is -2.28. The summed E-state index contributed by atoms with van der Waals surface area (Å²) in [5, 5.41) is 7.53. The number of nitrogens with zero attached hydrogens (tertiary/aromatic N) is 3. The van der Waals surface area contributed by atoms with Crippen LogP contribution in [0.2, 0.25) is 5.02 Å².